The molecule has 1 fully saturated rings. The quantitative estimate of drug-likeness (QED) is 0.327. The van der Waals surface area contributed by atoms with E-state index in [0.29, 0.717) is 35.5 Å². The van der Waals surface area contributed by atoms with Crippen molar-refractivity contribution in [3.8, 4) is 0 Å². The van der Waals surface area contributed by atoms with E-state index in [-0.39, 0.29) is 12.1 Å². The zero-order chi connectivity index (χ0) is 22.6. The van der Waals surface area contributed by atoms with Crippen LogP contribution in [0, 0.1) is 0 Å². The second kappa shape index (κ2) is 9.57. The van der Waals surface area contributed by atoms with Crippen molar-refractivity contribution >= 4 is 23.3 Å². The first-order valence-electron chi connectivity index (χ1n) is 10.4. The van der Waals surface area contributed by atoms with Crippen LogP contribution >= 0.6 is 11.6 Å². The number of hydrogen-bond donors (Lipinski definition) is 0. The predicted molar refractivity (Wildman–Crippen MR) is 123 cm³/mol. The second-order valence-electron chi connectivity index (χ2n) is 7.66. The van der Waals surface area contributed by atoms with E-state index in [1.165, 1.54) is 0 Å². The van der Waals surface area contributed by atoms with Crippen LogP contribution in [0.2, 0.25) is 0 Å². The van der Waals surface area contributed by atoms with Crippen LogP contribution in [0.5, 0.6) is 0 Å². The fourth-order valence-corrected chi connectivity index (χ4v) is 3.93. The van der Waals surface area contributed by atoms with Crippen LogP contribution in [-0.4, -0.2) is 42.0 Å². The van der Waals surface area contributed by atoms with E-state index in [2.05, 4.69) is 0 Å². The van der Waals surface area contributed by atoms with Crippen molar-refractivity contribution < 1.29 is 14.6 Å². The standard InChI is InChI=1S/C26H24ClN2O3/c1-28-17-18-29(25(30)21-13-7-3-8-14-21)24(28)19-23(20-11-5-2-6-12-20)32-26(27,31)22-15-9-4-10-16-22/h2-16,19,24H,17-18H2,1H3/q-1/b23-19-. The van der Waals surface area contributed by atoms with Gasteiger partial charge in [0.25, 0.3) is 5.91 Å². The fraction of sp³-hybridized carbons (Fsp3) is 0.192. The number of amides is 1. The Balaban J connectivity index is 1.70. The lowest BCUT2D eigenvalue weighted by Crippen LogP contribution is -2.41. The lowest BCUT2D eigenvalue weighted by molar-refractivity contribution is -0.516. The van der Waals surface area contributed by atoms with Gasteiger partial charge in [-0.2, -0.15) is 0 Å². The minimum absolute atomic E-state index is 0.0778. The SMILES string of the molecule is CN1CCN(C(=O)c2ccccc2)C1/C=C(\OC([O-])(Cl)c1ccccc1)c1ccccc1. The zero-order valence-corrected chi connectivity index (χ0v) is 18.5. The molecule has 0 radical (unpaired) electrons. The maximum atomic E-state index is 13.2. The molecule has 1 saturated heterocycles. The van der Waals surface area contributed by atoms with Crippen molar-refractivity contribution in [2.45, 2.75) is 11.4 Å². The topological polar surface area (TPSA) is 55.8 Å². The van der Waals surface area contributed by atoms with E-state index in [9.17, 15) is 9.90 Å². The summed E-state index contributed by atoms with van der Waals surface area (Å²) in [4.78, 5) is 17.0. The summed E-state index contributed by atoms with van der Waals surface area (Å²) in [5, 5.41) is 10.9. The summed E-state index contributed by atoms with van der Waals surface area (Å²) in [5.74, 6) is 0.245. The Bertz CT molecular complexity index is 1070. The lowest BCUT2D eigenvalue weighted by Gasteiger charge is -2.36. The number of ether oxygens (including phenoxy) is 1. The van der Waals surface area contributed by atoms with Gasteiger partial charge in [0.2, 0.25) is 0 Å². The third-order valence-electron chi connectivity index (χ3n) is 5.46. The number of carbonyl (C=O) groups excluding carboxylic acids is 1. The van der Waals surface area contributed by atoms with Gasteiger partial charge in [0.05, 0.1) is 0 Å². The number of carbonyl (C=O) groups is 1. The number of rotatable bonds is 6. The molecule has 2 unspecified atom stereocenters. The predicted octanol–water partition coefficient (Wildman–Crippen LogP) is 3.87. The Morgan fingerprint density at radius 1 is 0.938 bits per heavy atom. The monoisotopic (exact) mass is 447 g/mol. The highest BCUT2D eigenvalue weighted by molar-refractivity contribution is 6.21. The van der Waals surface area contributed by atoms with E-state index in [1.807, 2.05) is 66.5 Å². The third kappa shape index (κ3) is 4.86. The molecule has 0 spiro atoms. The third-order valence-corrected chi connectivity index (χ3v) is 5.76. The van der Waals surface area contributed by atoms with Gasteiger partial charge in [-0.3, -0.25) is 9.69 Å². The number of halogens is 1. The van der Waals surface area contributed by atoms with E-state index in [0.717, 1.165) is 0 Å². The first kappa shape index (κ1) is 22.1. The summed E-state index contributed by atoms with van der Waals surface area (Å²) in [7, 11) is 1.93. The van der Waals surface area contributed by atoms with Crippen LogP contribution in [0.25, 0.3) is 5.76 Å². The molecule has 1 heterocycles. The molecule has 0 bridgehead atoms. The highest BCUT2D eigenvalue weighted by Crippen LogP contribution is 2.32. The highest BCUT2D eigenvalue weighted by Gasteiger charge is 2.33. The molecule has 2 atom stereocenters. The van der Waals surface area contributed by atoms with E-state index in [1.54, 1.807) is 47.4 Å². The second-order valence-corrected chi connectivity index (χ2v) is 8.16. The molecule has 1 aliphatic rings. The molecule has 3 aromatic carbocycles. The maximum absolute atomic E-state index is 13.2. The summed E-state index contributed by atoms with van der Waals surface area (Å²) >= 11 is 6.31. The Morgan fingerprint density at radius 3 is 2.06 bits per heavy atom. The summed E-state index contributed by atoms with van der Waals surface area (Å²) in [6.45, 7) is 1.26. The van der Waals surface area contributed by atoms with Crippen LogP contribution in [0.1, 0.15) is 21.5 Å². The normalized spacial score (nSPS) is 18.9. The van der Waals surface area contributed by atoms with Gasteiger partial charge in [-0.15, -0.1) is 0 Å². The Hall–Kier alpha value is -3.12. The van der Waals surface area contributed by atoms with Gasteiger partial charge in [0.1, 0.15) is 17.2 Å². The van der Waals surface area contributed by atoms with Crippen molar-refractivity contribution in [2.75, 3.05) is 20.1 Å². The number of nitrogens with zero attached hydrogens (tertiary/aromatic N) is 2. The molecule has 3 aromatic rings. The van der Waals surface area contributed by atoms with E-state index in [4.69, 9.17) is 16.3 Å². The van der Waals surface area contributed by atoms with Crippen molar-refractivity contribution in [2.24, 2.45) is 0 Å². The van der Waals surface area contributed by atoms with Gasteiger partial charge >= 0.3 is 0 Å². The summed E-state index contributed by atoms with van der Waals surface area (Å²) in [6.07, 6.45) is 1.40. The summed E-state index contributed by atoms with van der Waals surface area (Å²) in [5.41, 5.74) is 1.63. The number of hydrogen-bond acceptors (Lipinski definition) is 4. The molecule has 1 amide bonds. The molecule has 5 nitrogen and oxygen atoms in total. The van der Waals surface area contributed by atoms with E-state index < -0.39 is 5.25 Å². The van der Waals surface area contributed by atoms with E-state index >= 15 is 0 Å². The van der Waals surface area contributed by atoms with Crippen molar-refractivity contribution in [3.63, 3.8) is 0 Å². The average Bonchev–Trinajstić information content (AvgIpc) is 3.19. The van der Waals surface area contributed by atoms with Gasteiger partial charge < -0.3 is 14.7 Å². The van der Waals surface area contributed by atoms with Gasteiger partial charge in [0.15, 0.2) is 0 Å². The highest BCUT2D eigenvalue weighted by atomic mass is 35.5. The maximum Gasteiger partial charge on any atom is 0.255 e. The van der Waals surface area contributed by atoms with Crippen molar-refractivity contribution in [1.82, 2.24) is 9.80 Å². The van der Waals surface area contributed by atoms with Gasteiger partial charge in [-0.1, -0.05) is 90.5 Å². The molecular weight excluding hydrogens is 424 g/mol. The number of alkyl halides is 1. The molecular formula is C26H24ClN2O3-. The minimum Gasteiger partial charge on any atom is -0.803 e. The Kier molecular flexibility index (Phi) is 6.61. The number of benzene rings is 3. The molecule has 164 valence electrons. The van der Waals surface area contributed by atoms with Crippen molar-refractivity contribution in [1.29, 1.82) is 0 Å². The molecule has 4 rings (SSSR count). The lowest BCUT2D eigenvalue weighted by atomic mass is 10.1. The van der Waals surface area contributed by atoms with Gasteiger partial charge in [-0.05, 0) is 30.8 Å². The summed E-state index contributed by atoms with van der Waals surface area (Å²) < 4.78 is 5.86. The fourth-order valence-electron chi connectivity index (χ4n) is 3.72. The molecule has 0 saturated carbocycles. The average molecular weight is 448 g/mol. The van der Waals surface area contributed by atoms with Crippen molar-refractivity contribution in [3.05, 3.63) is 114 Å². The molecule has 0 N–H and O–H groups in total. The minimum atomic E-state index is -2.31. The van der Waals surface area contributed by atoms with Crippen LogP contribution in [-0.2, 0) is 9.98 Å². The first-order chi connectivity index (χ1) is 15.5. The zero-order valence-electron chi connectivity index (χ0n) is 17.7. The van der Waals surface area contributed by atoms with Crippen LogP contribution in [0.3, 0.4) is 0 Å². The number of likely N-dealkylation sites (N-methyl/N-ethyl adjacent to an activating group) is 1. The van der Waals surface area contributed by atoms with Crippen LogP contribution in [0.15, 0.2) is 97.1 Å². The van der Waals surface area contributed by atoms with Crippen LogP contribution in [0.4, 0.5) is 0 Å². The smallest absolute Gasteiger partial charge is 0.255 e. The Morgan fingerprint density at radius 2 is 1.47 bits per heavy atom. The molecule has 0 aromatic heterocycles. The summed E-state index contributed by atoms with van der Waals surface area (Å²) in [6, 6.07) is 27.0. The molecule has 32 heavy (non-hydrogen) atoms. The largest absolute Gasteiger partial charge is 0.803 e. The molecule has 1 aliphatic heterocycles. The van der Waals surface area contributed by atoms with Gasteiger partial charge in [-0.25, -0.2) is 0 Å². The Labute approximate surface area is 193 Å². The van der Waals surface area contributed by atoms with Crippen LogP contribution < -0.4 is 5.11 Å². The first-order valence-corrected chi connectivity index (χ1v) is 10.8. The van der Waals surface area contributed by atoms with Gasteiger partial charge in [0, 0.05) is 24.2 Å². The molecule has 6 heteroatoms. The molecule has 0 aliphatic carbocycles.